The number of nitrogens with one attached hydrogen (secondary N) is 1. The number of hydrogen-bond donors (Lipinski definition) is 2. The predicted octanol–water partition coefficient (Wildman–Crippen LogP) is 5.15. The van der Waals surface area contributed by atoms with Gasteiger partial charge in [-0.1, -0.05) is 63.0 Å². The Kier molecular flexibility index (Phi) is 5.44. The van der Waals surface area contributed by atoms with Crippen LogP contribution in [0.25, 0.3) is 21.3 Å². The number of benzene rings is 1. The Hall–Kier alpha value is -2.25. The van der Waals surface area contributed by atoms with Gasteiger partial charge >= 0.3 is 6.01 Å². The van der Waals surface area contributed by atoms with E-state index in [0.717, 1.165) is 34.0 Å². The number of aromatic nitrogens is 3. The number of rotatable bonds is 4. The average molecular weight is 412 g/mol. The molecule has 6 nitrogen and oxygen atoms in total. The van der Waals surface area contributed by atoms with Crippen molar-refractivity contribution >= 4 is 17.4 Å². The first-order valence-corrected chi connectivity index (χ1v) is 11.1. The van der Waals surface area contributed by atoms with Crippen molar-refractivity contribution in [2.24, 2.45) is 5.73 Å². The minimum Gasteiger partial charge on any atom is -0.402 e. The Morgan fingerprint density at radius 3 is 2.52 bits per heavy atom. The van der Waals surface area contributed by atoms with Gasteiger partial charge in [0.2, 0.25) is 0 Å². The second-order valence-electron chi connectivity index (χ2n) is 8.87. The summed E-state index contributed by atoms with van der Waals surface area (Å²) in [4.78, 5) is 5.65. The van der Waals surface area contributed by atoms with Gasteiger partial charge in [-0.05, 0) is 30.7 Å². The molecular weight excluding hydrogens is 382 g/mol. The van der Waals surface area contributed by atoms with E-state index >= 15 is 0 Å². The molecule has 0 saturated heterocycles. The summed E-state index contributed by atoms with van der Waals surface area (Å²) in [6.07, 6.45) is 4.43. The first-order valence-electron chi connectivity index (χ1n) is 10.3. The van der Waals surface area contributed by atoms with Crippen LogP contribution in [-0.2, 0) is 5.41 Å². The Bertz CT molecular complexity index is 970. The Labute approximate surface area is 176 Å². The van der Waals surface area contributed by atoms with E-state index in [-0.39, 0.29) is 17.5 Å². The van der Waals surface area contributed by atoms with Gasteiger partial charge in [0.15, 0.2) is 0 Å². The number of aryl methyl sites for hydroxylation is 1. The van der Waals surface area contributed by atoms with Gasteiger partial charge < -0.3 is 15.5 Å². The number of hydrogen-bond acceptors (Lipinski definition) is 7. The van der Waals surface area contributed by atoms with Crippen molar-refractivity contribution in [3.63, 3.8) is 0 Å². The summed E-state index contributed by atoms with van der Waals surface area (Å²) in [7, 11) is 0. The smallest absolute Gasteiger partial charge is 0.316 e. The third-order valence-electron chi connectivity index (χ3n) is 5.54. The normalized spacial score (nSPS) is 20.0. The van der Waals surface area contributed by atoms with Crippen molar-refractivity contribution in [1.29, 1.82) is 0 Å². The molecule has 2 aromatic heterocycles. The van der Waals surface area contributed by atoms with Gasteiger partial charge in [0.1, 0.15) is 9.88 Å². The van der Waals surface area contributed by atoms with Crippen LogP contribution < -0.4 is 11.1 Å². The lowest BCUT2D eigenvalue weighted by atomic mass is 9.87. The molecule has 2 atom stereocenters. The van der Waals surface area contributed by atoms with Crippen LogP contribution in [0.3, 0.4) is 0 Å². The zero-order chi connectivity index (χ0) is 20.6. The number of nitrogens with two attached hydrogens (primary N) is 1. The monoisotopic (exact) mass is 411 g/mol. The van der Waals surface area contributed by atoms with Crippen LogP contribution in [-0.4, -0.2) is 27.3 Å². The van der Waals surface area contributed by atoms with E-state index in [1.165, 1.54) is 18.4 Å². The summed E-state index contributed by atoms with van der Waals surface area (Å²) in [6.45, 7) is 8.63. The van der Waals surface area contributed by atoms with Crippen molar-refractivity contribution in [2.75, 3.05) is 5.32 Å². The van der Waals surface area contributed by atoms with Gasteiger partial charge in [-0.15, -0.1) is 16.4 Å². The van der Waals surface area contributed by atoms with Gasteiger partial charge in [-0.3, -0.25) is 0 Å². The zero-order valence-corrected chi connectivity index (χ0v) is 18.3. The minimum absolute atomic E-state index is 0.131. The molecule has 0 bridgehead atoms. The fourth-order valence-electron chi connectivity index (χ4n) is 3.70. The molecule has 0 spiro atoms. The lowest BCUT2D eigenvalue weighted by Crippen LogP contribution is -2.42. The molecule has 4 rings (SSSR count). The highest BCUT2D eigenvalue weighted by Gasteiger charge is 2.24. The second kappa shape index (κ2) is 7.88. The van der Waals surface area contributed by atoms with Crippen molar-refractivity contribution in [2.45, 2.75) is 70.9 Å². The Morgan fingerprint density at radius 1 is 1.10 bits per heavy atom. The fraction of sp³-hybridized carbons (Fsp3) is 0.500. The van der Waals surface area contributed by atoms with E-state index in [2.05, 4.69) is 60.6 Å². The summed E-state index contributed by atoms with van der Waals surface area (Å²) >= 11 is 1.58. The molecule has 1 aromatic carbocycles. The molecule has 0 radical (unpaired) electrons. The van der Waals surface area contributed by atoms with Gasteiger partial charge in [0.05, 0.1) is 5.69 Å². The molecule has 7 heteroatoms. The highest BCUT2D eigenvalue weighted by Crippen LogP contribution is 2.36. The molecule has 3 N–H and O–H groups in total. The molecule has 1 aliphatic rings. The maximum atomic E-state index is 6.21. The maximum Gasteiger partial charge on any atom is 0.316 e. The van der Waals surface area contributed by atoms with Crippen LogP contribution in [0.1, 0.15) is 57.7 Å². The van der Waals surface area contributed by atoms with Crippen molar-refractivity contribution in [1.82, 2.24) is 15.2 Å². The summed E-state index contributed by atoms with van der Waals surface area (Å²) < 4.78 is 5.90. The van der Waals surface area contributed by atoms with Crippen LogP contribution >= 0.6 is 11.3 Å². The molecule has 154 valence electrons. The summed E-state index contributed by atoms with van der Waals surface area (Å²) in [5.74, 6) is 0.504. The molecule has 2 heterocycles. The topological polar surface area (TPSA) is 89.9 Å². The van der Waals surface area contributed by atoms with Gasteiger partial charge in [-0.2, -0.15) is 0 Å². The third-order valence-corrected chi connectivity index (χ3v) is 6.74. The molecule has 0 amide bonds. The van der Waals surface area contributed by atoms with Crippen LogP contribution in [0.5, 0.6) is 0 Å². The molecule has 1 aliphatic carbocycles. The van der Waals surface area contributed by atoms with E-state index in [9.17, 15) is 0 Å². The maximum absolute atomic E-state index is 6.21. The first-order chi connectivity index (χ1) is 13.8. The molecule has 1 fully saturated rings. The van der Waals surface area contributed by atoms with Crippen molar-refractivity contribution in [3.05, 3.63) is 35.5 Å². The largest absolute Gasteiger partial charge is 0.402 e. The Morgan fingerprint density at radius 2 is 1.83 bits per heavy atom. The molecule has 3 aromatic rings. The van der Waals surface area contributed by atoms with Crippen LogP contribution in [0.2, 0.25) is 0 Å². The van der Waals surface area contributed by atoms with Crippen LogP contribution in [0, 0.1) is 6.92 Å². The highest BCUT2D eigenvalue weighted by atomic mass is 32.1. The lowest BCUT2D eigenvalue weighted by Gasteiger charge is -2.28. The van der Waals surface area contributed by atoms with Gasteiger partial charge in [0, 0.05) is 17.6 Å². The molecule has 0 unspecified atom stereocenters. The van der Waals surface area contributed by atoms with Gasteiger partial charge in [-0.25, -0.2) is 4.98 Å². The quantitative estimate of drug-likeness (QED) is 0.617. The fourth-order valence-corrected chi connectivity index (χ4v) is 4.69. The van der Waals surface area contributed by atoms with E-state index in [0.29, 0.717) is 11.9 Å². The van der Waals surface area contributed by atoms with Crippen molar-refractivity contribution in [3.8, 4) is 21.3 Å². The minimum atomic E-state index is 0.131. The standard InChI is InChI=1S/C22H29N5OS/c1-13-18(19-26-27-21(28-19)25-17-8-6-5-7-16(17)23)29-20(24-13)14-9-11-15(12-10-14)22(2,3)4/h9-12,16-17H,5-8,23H2,1-4H3,(H,25,27)/t16-,17+/m0/s1. The lowest BCUT2D eigenvalue weighted by molar-refractivity contribution is 0.395. The first kappa shape index (κ1) is 20.0. The SMILES string of the molecule is Cc1nc(-c2ccc(C(C)(C)C)cc2)sc1-c1nnc(N[C@@H]2CCCC[C@@H]2N)o1. The van der Waals surface area contributed by atoms with Crippen LogP contribution in [0.4, 0.5) is 6.01 Å². The second-order valence-corrected chi connectivity index (χ2v) is 9.87. The predicted molar refractivity (Wildman–Crippen MR) is 118 cm³/mol. The number of anilines is 1. The summed E-state index contributed by atoms with van der Waals surface area (Å²) in [5.41, 5.74) is 9.66. The Balaban J connectivity index is 1.53. The van der Waals surface area contributed by atoms with Gasteiger partial charge in [0.25, 0.3) is 5.89 Å². The number of nitrogens with zero attached hydrogens (tertiary/aromatic N) is 3. The van der Waals surface area contributed by atoms with E-state index in [1.54, 1.807) is 11.3 Å². The van der Waals surface area contributed by atoms with Crippen molar-refractivity contribution < 1.29 is 4.42 Å². The molecule has 1 saturated carbocycles. The van der Waals surface area contributed by atoms with E-state index in [1.807, 2.05) is 6.92 Å². The third kappa shape index (κ3) is 4.36. The average Bonchev–Trinajstić information content (AvgIpc) is 3.29. The molecule has 0 aliphatic heterocycles. The summed E-state index contributed by atoms with van der Waals surface area (Å²) in [6, 6.07) is 9.37. The highest BCUT2D eigenvalue weighted by molar-refractivity contribution is 7.18. The molecular formula is C22H29N5OS. The van der Waals surface area contributed by atoms with E-state index in [4.69, 9.17) is 15.1 Å². The van der Waals surface area contributed by atoms with E-state index < -0.39 is 0 Å². The van der Waals surface area contributed by atoms with Crippen LogP contribution in [0.15, 0.2) is 28.7 Å². The zero-order valence-electron chi connectivity index (χ0n) is 17.5. The molecule has 29 heavy (non-hydrogen) atoms. The number of thiazole rings is 1. The summed E-state index contributed by atoms with van der Waals surface area (Å²) in [5, 5.41) is 12.7.